The maximum absolute atomic E-state index is 13.5. The number of anilines is 1. The Kier molecular flexibility index (Phi) is 9.79. The van der Waals surface area contributed by atoms with Crippen LogP contribution in [0.2, 0.25) is 10.0 Å². The van der Waals surface area contributed by atoms with Crippen molar-refractivity contribution in [1.29, 1.82) is 0 Å². The molecule has 0 bridgehead atoms. The monoisotopic (exact) mass is 527 g/mol. The Labute approximate surface area is 212 Å². The summed E-state index contributed by atoms with van der Waals surface area (Å²) in [6, 6.07) is 10.9. The molecule has 0 aromatic heterocycles. The van der Waals surface area contributed by atoms with Crippen LogP contribution >= 0.6 is 23.2 Å². The molecule has 10 heteroatoms. The van der Waals surface area contributed by atoms with Crippen LogP contribution in [-0.2, 0) is 26.2 Å². The van der Waals surface area contributed by atoms with Crippen molar-refractivity contribution in [3.8, 4) is 0 Å². The minimum atomic E-state index is -3.82. The predicted octanol–water partition coefficient (Wildman–Crippen LogP) is 4.40. The smallest absolute Gasteiger partial charge is 0.244 e. The van der Waals surface area contributed by atoms with Crippen molar-refractivity contribution in [2.75, 3.05) is 17.1 Å². The van der Waals surface area contributed by atoms with Gasteiger partial charge in [0.15, 0.2) is 0 Å². The second kappa shape index (κ2) is 11.9. The highest BCUT2D eigenvalue weighted by atomic mass is 35.5. The van der Waals surface area contributed by atoms with Gasteiger partial charge in [0.1, 0.15) is 12.6 Å². The topological polar surface area (TPSA) is 86.8 Å². The lowest BCUT2D eigenvalue weighted by molar-refractivity contribution is -0.139. The van der Waals surface area contributed by atoms with Gasteiger partial charge in [0, 0.05) is 22.6 Å². The van der Waals surface area contributed by atoms with Gasteiger partial charge in [-0.15, -0.1) is 0 Å². The summed E-state index contributed by atoms with van der Waals surface area (Å²) in [7, 11) is -3.82. The quantitative estimate of drug-likeness (QED) is 0.495. The van der Waals surface area contributed by atoms with Gasteiger partial charge in [-0.2, -0.15) is 0 Å². The number of nitrogens with one attached hydrogen (secondary N) is 1. The predicted molar refractivity (Wildman–Crippen MR) is 138 cm³/mol. The number of carbonyl (C=O) groups excluding carboxylic acids is 2. The molecule has 1 N–H and O–H groups in total. The maximum atomic E-state index is 13.5. The molecule has 2 aromatic carbocycles. The van der Waals surface area contributed by atoms with Gasteiger partial charge in [0.05, 0.1) is 11.9 Å². The number of hydrogen-bond acceptors (Lipinski definition) is 4. The number of benzene rings is 2. The lowest BCUT2D eigenvalue weighted by atomic mass is 10.1. The van der Waals surface area contributed by atoms with Crippen molar-refractivity contribution in [1.82, 2.24) is 10.2 Å². The molecule has 2 amide bonds. The van der Waals surface area contributed by atoms with Gasteiger partial charge in [0.25, 0.3) is 0 Å². The molecule has 2 atom stereocenters. The molecule has 7 nitrogen and oxygen atoms in total. The van der Waals surface area contributed by atoms with Crippen molar-refractivity contribution in [3.63, 3.8) is 0 Å². The molecule has 0 aliphatic heterocycles. The summed E-state index contributed by atoms with van der Waals surface area (Å²) in [5.74, 6) is -0.840. The van der Waals surface area contributed by atoms with E-state index < -0.39 is 28.5 Å². The van der Waals surface area contributed by atoms with E-state index in [9.17, 15) is 18.0 Å². The van der Waals surface area contributed by atoms with E-state index in [1.165, 1.54) is 11.0 Å². The van der Waals surface area contributed by atoms with Crippen LogP contribution in [0.3, 0.4) is 0 Å². The molecule has 0 aliphatic rings. The zero-order chi connectivity index (χ0) is 25.6. The first-order valence-electron chi connectivity index (χ1n) is 10.9. The molecule has 0 spiro atoms. The molecular formula is C24H31Cl2N3O4S. The van der Waals surface area contributed by atoms with Crippen LogP contribution < -0.4 is 9.62 Å². The summed E-state index contributed by atoms with van der Waals surface area (Å²) in [5, 5.41) is 3.78. The summed E-state index contributed by atoms with van der Waals surface area (Å²) in [6.07, 6.45) is 1.77. The Hall–Kier alpha value is -2.29. The molecule has 34 heavy (non-hydrogen) atoms. The molecule has 2 aromatic rings. The molecule has 0 heterocycles. The Morgan fingerprint density at radius 2 is 1.62 bits per heavy atom. The fourth-order valence-electron chi connectivity index (χ4n) is 3.28. The second-order valence-corrected chi connectivity index (χ2v) is 11.1. The Balaban J connectivity index is 2.42. The minimum absolute atomic E-state index is 0.0657. The van der Waals surface area contributed by atoms with Crippen molar-refractivity contribution >= 4 is 50.7 Å². The molecule has 0 unspecified atom stereocenters. The lowest BCUT2D eigenvalue weighted by Crippen LogP contribution is -2.52. The van der Waals surface area contributed by atoms with E-state index in [1.807, 2.05) is 13.8 Å². The fraction of sp³-hybridized carbons (Fsp3) is 0.417. The SMILES string of the molecule is CC[C@@H](C)NC(=O)[C@@H](C)N(Cc1ccc(Cl)cc1)C(=O)CN(c1cc(Cl)ccc1C)S(C)(=O)=O. The number of aryl methyl sites for hydroxylation is 1. The first kappa shape index (κ1) is 28.0. The zero-order valence-corrected chi connectivity index (χ0v) is 22.3. The fourth-order valence-corrected chi connectivity index (χ4v) is 4.47. The van der Waals surface area contributed by atoms with E-state index in [0.717, 1.165) is 22.5 Å². The van der Waals surface area contributed by atoms with E-state index in [0.29, 0.717) is 21.3 Å². The Morgan fingerprint density at radius 3 is 2.18 bits per heavy atom. The summed E-state index contributed by atoms with van der Waals surface area (Å²) in [5.41, 5.74) is 1.71. The van der Waals surface area contributed by atoms with E-state index in [-0.39, 0.29) is 18.5 Å². The van der Waals surface area contributed by atoms with Crippen LogP contribution in [0.1, 0.15) is 38.3 Å². The molecule has 0 fully saturated rings. The zero-order valence-electron chi connectivity index (χ0n) is 20.0. The summed E-state index contributed by atoms with van der Waals surface area (Å²) < 4.78 is 26.3. The molecule has 2 rings (SSSR count). The Bertz CT molecular complexity index is 1120. The molecule has 0 saturated heterocycles. The number of amides is 2. The highest BCUT2D eigenvalue weighted by Crippen LogP contribution is 2.27. The summed E-state index contributed by atoms with van der Waals surface area (Å²) in [4.78, 5) is 27.8. The Morgan fingerprint density at radius 1 is 1.03 bits per heavy atom. The van der Waals surface area contributed by atoms with Crippen LogP contribution in [0, 0.1) is 6.92 Å². The third-order valence-electron chi connectivity index (χ3n) is 5.55. The number of carbonyl (C=O) groups is 2. The van der Waals surface area contributed by atoms with Crippen molar-refractivity contribution in [2.24, 2.45) is 0 Å². The molecule has 186 valence electrons. The number of sulfonamides is 1. The van der Waals surface area contributed by atoms with Crippen LogP contribution in [0.5, 0.6) is 0 Å². The standard InChI is InChI=1S/C24H31Cl2N3O4S/c1-6-17(3)27-24(31)18(4)28(14-19-8-11-20(25)12-9-19)23(30)15-29(34(5,32)33)22-13-21(26)10-7-16(22)2/h7-13,17-18H,6,14-15H2,1-5H3,(H,27,31)/t17-,18-/m1/s1. The first-order valence-corrected chi connectivity index (χ1v) is 13.5. The van der Waals surface area contributed by atoms with E-state index in [4.69, 9.17) is 23.2 Å². The van der Waals surface area contributed by atoms with Crippen molar-refractivity contribution < 1.29 is 18.0 Å². The van der Waals surface area contributed by atoms with Gasteiger partial charge in [-0.1, -0.05) is 48.3 Å². The van der Waals surface area contributed by atoms with Crippen LogP contribution in [-0.4, -0.2) is 50.0 Å². The largest absolute Gasteiger partial charge is 0.352 e. The molecular weight excluding hydrogens is 497 g/mol. The van der Waals surface area contributed by atoms with Gasteiger partial charge in [-0.3, -0.25) is 13.9 Å². The van der Waals surface area contributed by atoms with E-state index in [2.05, 4.69) is 5.32 Å². The maximum Gasteiger partial charge on any atom is 0.244 e. The normalized spacial score (nSPS) is 13.1. The number of halogens is 2. The van der Waals surface area contributed by atoms with Gasteiger partial charge < -0.3 is 10.2 Å². The summed E-state index contributed by atoms with van der Waals surface area (Å²) >= 11 is 12.1. The second-order valence-electron chi connectivity index (χ2n) is 8.34. The van der Waals surface area contributed by atoms with Crippen LogP contribution in [0.15, 0.2) is 42.5 Å². The van der Waals surface area contributed by atoms with Gasteiger partial charge in [0.2, 0.25) is 21.8 Å². The van der Waals surface area contributed by atoms with Gasteiger partial charge in [-0.05, 0) is 62.6 Å². The average Bonchev–Trinajstić information content (AvgIpc) is 2.77. The van der Waals surface area contributed by atoms with Crippen LogP contribution in [0.4, 0.5) is 5.69 Å². The minimum Gasteiger partial charge on any atom is -0.352 e. The summed E-state index contributed by atoms with van der Waals surface area (Å²) in [6.45, 7) is 6.82. The van der Waals surface area contributed by atoms with Gasteiger partial charge >= 0.3 is 0 Å². The number of rotatable bonds is 10. The molecule has 0 saturated carbocycles. The molecule has 0 aliphatic carbocycles. The van der Waals surface area contributed by atoms with Gasteiger partial charge in [-0.25, -0.2) is 8.42 Å². The lowest BCUT2D eigenvalue weighted by Gasteiger charge is -2.32. The van der Waals surface area contributed by atoms with Crippen molar-refractivity contribution in [2.45, 2.75) is 52.7 Å². The highest BCUT2D eigenvalue weighted by Gasteiger charge is 2.31. The highest BCUT2D eigenvalue weighted by molar-refractivity contribution is 7.92. The third kappa shape index (κ3) is 7.61. The molecule has 0 radical (unpaired) electrons. The van der Waals surface area contributed by atoms with Crippen LogP contribution in [0.25, 0.3) is 0 Å². The first-order chi connectivity index (χ1) is 15.8. The van der Waals surface area contributed by atoms with Crippen molar-refractivity contribution in [3.05, 3.63) is 63.6 Å². The number of hydrogen-bond donors (Lipinski definition) is 1. The number of nitrogens with zero attached hydrogens (tertiary/aromatic N) is 2. The third-order valence-corrected chi connectivity index (χ3v) is 7.17. The average molecular weight is 529 g/mol. The van der Waals surface area contributed by atoms with E-state index >= 15 is 0 Å². The van der Waals surface area contributed by atoms with E-state index in [1.54, 1.807) is 50.2 Å².